The van der Waals surface area contributed by atoms with Crippen LogP contribution in [-0.4, -0.2) is 59.6 Å². The van der Waals surface area contributed by atoms with Crippen LogP contribution in [0.5, 0.6) is 0 Å². The van der Waals surface area contributed by atoms with E-state index < -0.39 is 29.8 Å². The maximum Gasteiger partial charge on any atom is 0.242 e. The molecule has 0 atom stereocenters. The molecule has 2 aromatic heterocycles. The smallest absolute Gasteiger partial charge is 0.242 e. The van der Waals surface area contributed by atoms with E-state index in [0.717, 1.165) is 18.7 Å². The summed E-state index contributed by atoms with van der Waals surface area (Å²) in [5, 5.41) is 19.3. The summed E-state index contributed by atoms with van der Waals surface area (Å²) in [6, 6.07) is 2.58. The molecule has 4 N–H and O–H groups in total. The number of imidazole rings is 1. The van der Waals surface area contributed by atoms with E-state index in [1.807, 2.05) is 15.7 Å². The molecule has 1 aliphatic carbocycles. The summed E-state index contributed by atoms with van der Waals surface area (Å²) in [5.41, 5.74) is 0.412. The Balaban J connectivity index is 1.69. The van der Waals surface area contributed by atoms with Gasteiger partial charge in [0.05, 0.1) is 12.1 Å². The maximum absolute atomic E-state index is 13.3. The number of hydrogen-bond acceptors (Lipinski definition) is 9. The molecule has 5 rings (SSSR count). The van der Waals surface area contributed by atoms with Gasteiger partial charge in [-0.1, -0.05) is 12.8 Å². The highest BCUT2D eigenvalue weighted by atomic mass is 32.2. The van der Waals surface area contributed by atoms with Gasteiger partial charge in [-0.3, -0.25) is 0 Å². The molecule has 3 heterocycles. The SMILES string of the molecule is NS(=O)(=O)c1c(S(=O)(=O)NC2CCCC2)ccc(N2CCn3ccnc3C2)c1-c1nn[nH]n1. The lowest BCUT2D eigenvalue weighted by atomic mass is 10.1. The Labute approximate surface area is 190 Å². The van der Waals surface area contributed by atoms with E-state index in [1.165, 1.54) is 6.07 Å². The summed E-state index contributed by atoms with van der Waals surface area (Å²) < 4.78 is 56.8. The largest absolute Gasteiger partial charge is 0.362 e. The fourth-order valence-electron chi connectivity index (χ4n) is 4.50. The highest BCUT2D eigenvalue weighted by Gasteiger charge is 2.35. The molecule has 1 fully saturated rings. The number of nitrogens with zero attached hydrogens (tertiary/aromatic N) is 6. The molecule has 0 bridgehead atoms. The van der Waals surface area contributed by atoms with Crippen molar-refractivity contribution in [3.05, 3.63) is 30.4 Å². The van der Waals surface area contributed by atoms with Crippen molar-refractivity contribution in [1.29, 1.82) is 0 Å². The van der Waals surface area contributed by atoms with Crippen molar-refractivity contribution in [3.8, 4) is 11.4 Å². The molecular weight excluding hydrogens is 470 g/mol. The monoisotopic (exact) mass is 493 g/mol. The van der Waals surface area contributed by atoms with Crippen LogP contribution >= 0.6 is 0 Å². The van der Waals surface area contributed by atoms with Crippen molar-refractivity contribution < 1.29 is 16.8 Å². The van der Waals surface area contributed by atoms with E-state index in [1.54, 1.807) is 12.3 Å². The molecule has 33 heavy (non-hydrogen) atoms. The van der Waals surface area contributed by atoms with Crippen molar-refractivity contribution in [1.82, 2.24) is 34.9 Å². The minimum absolute atomic E-state index is 0.0134. The van der Waals surface area contributed by atoms with Gasteiger partial charge in [-0.05, 0) is 30.2 Å². The number of aromatic amines is 1. The molecule has 0 saturated heterocycles. The summed E-state index contributed by atoms with van der Waals surface area (Å²) in [5.74, 6) is 0.720. The van der Waals surface area contributed by atoms with E-state index in [-0.39, 0.29) is 17.4 Å². The number of fused-ring (bicyclic) bond motifs is 1. The number of anilines is 1. The summed E-state index contributed by atoms with van der Waals surface area (Å²) in [7, 11) is -8.69. The van der Waals surface area contributed by atoms with Crippen molar-refractivity contribution in [2.75, 3.05) is 11.4 Å². The molecule has 0 radical (unpaired) electrons. The van der Waals surface area contributed by atoms with Gasteiger partial charge < -0.3 is 9.47 Å². The van der Waals surface area contributed by atoms with Gasteiger partial charge in [-0.15, -0.1) is 10.2 Å². The summed E-state index contributed by atoms with van der Waals surface area (Å²) in [4.78, 5) is 5.24. The normalized spacial score (nSPS) is 17.4. The second kappa shape index (κ2) is 8.16. The second-order valence-corrected chi connectivity index (χ2v) is 11.3. The summed E-state index contributed by atoms with van der Waals surface area (Å²) in [6.07, 6.45) is 6.77. The van der Waals surface area contributed by atoms with Crippen molar-refractivity contribution in [3.63, 3.8) is 0 Å². The van der Waals surface area contributed by atoms with E-state index in [4.69, 9.17) is 5.14 Å². The molecule has 0 unspecified atom stereocenters. The van der Waals surface area contributed by atoms with Crippen LogP contribution in [-0.2, 0) is 33.1 Å². The molecular formula is C18H23N9O4S2. The Morgan fingerprint density at radius 2 is 1.91 bits per heavy atom. The third kappa shape index (κ3) is 4.12. The standard InChI is InChI=1S/C18H23N9O4S2/c19-32(28,29)17-14(33(30,31)23-12-3-1-2-4-12)6-5-13(16(17)18-21-24-25-22-18)27-10-9-26-8-7-20-15(26)11-27/h5-8,12,23H,1-4,9-11H2,(H2,19,28,29)(H,21,22,24,25). The van der Waals surface area contributed by atoms with Crippen molar-refractivity contribution in [2.24, 2.45) is 5.14 Å². The zero-order chi connectivity index (χ0) is 23.2. The first-order valence-electron chi connectivity index (χ1n) is 10.4. The lowest BCUT2D eigenvalue weighted by Gasteiger charge is -2.31. The van der Waals surface area contributed by atoms with E-state index in [2.05, 4.69) is 30.3 Å². The first-order valence-corrected chi connectivity index (χ1v) is 13.5. The van der Waals surface area contributed by atoms with Crippen LogP contribution in [0.4, 0.5) is 5.69 Å². The predicted octanol–water partition coefficient (Wildman–Crippen LogP) is -0.0483. The minimum Gasteiger partial charge on any atom is -0.362 e. The van der Waals surface area contributed by atoms with Gasteiger partial charge in [0.1, 0.15) is 15.6 Å². The molecule has 15 heteroatoms. The third-order valence-electron chi connectivity index (χ3n) is 6.01. The molecule has 1 aliphatic heterocycles. The maximum atomic E-state index is 13.3. The number of tetrazole rings is 1. The quantitative estimate of drug-likeness (QED) is 0.424. The molecule has 0 amide bonds. The topological polar surface area (TPSA) is 182 Å². The minimum atomic E-state index is -4.51. The Kier molecular flexibility index (Phi) is 5.43. The fraction of sp³-hybridized carbons (Fsp3) is 0.444. The molecule has 1 saturated carbocycles. The van der Waals surface area contributed by atoms with Crippen LogP contribution in [0.25, 0.3) is 11.4 Å². The van der Waals surface area contributed by atoms with Crippen LogP contribution in [0.3, 0.4) is 0 Å². The van der Waals surface area contributed by atoms with Crippen LogP contribution < -0.4 is 14.8 Å². The molecule has 2 aliphatic rings. The number of H-pyrrole nitrogens is 1. The average Bonchev–Trinajstić information content (AvgIpc) is 3.53. The van der Waals surface area contributed by atoms with Gasteiger partial charge in [-0.2, -0.15) is 5.21 Å². The third-order valence-corrected chi connectivity index (χ3v) is 8.69. The molecule has 176 valence electrons. The van der Waals surface area contributed by atoms with Gasteiger partial charge in [0.2, 0.25) is 25.9 Å². The number of benzene rings is 1. The van der Waals surface area contributed by atoms with Crippen LogP contribution in [0.1, 0.15) is 31.5 Å². The lowest BCUT2D eigenvalue weighted by Crippen LogP contribution is -2.36. The highest BCUT2D eigenvalue weighted by Crippen LogP contribution is 2.39. The van der Waals surface area contributed by atoms with Crippen LogP contribution in [0.15, 0.2) is 34.3 Å². The van der Waals surface area contributed by atoms with Crippen molar-refractivity contribution in [2.45, 2.75) is 54.6 Å². The number of aromatic nitrogens is 6. The number of rotatable bonds is 6. The van der Waals surface area contributed by atoms with Gasteiger partial charge in [0, 0.05) is 37.2 Å². The number of hydrogen-bond donors (Lipinski definition) is 3. The van der Waals surface area contributed by atoms with Gasteiger partial charge in [-0.25, -0.2) is 31.7 Å². The van der Waals surface area contributed by atoms with E-state index in [9.17, 15) is 16.8 Å². The first-order chi connectivity index (χ1) is 15.7. The van der Waals surface area contributed by atoms with Crippen molar-refractivity contribution >= 4 is 25.7 Å². The van der Waals surface area contributed by atoms with Gasteiger partial charge in [0.15, 0.2) is 0 Å². The number of primary sulfonamides is 1. The zero-order valence-corrected chi connectivity index (χ0v) is 19.2. The number of nitrogens with one attached hydrogen (secondary N) is 2. The second-order valence-electron chi connectivity index (χ2n) is 8.13. The highest BCUT2D eigenvalue weighted by molar-refractivity contribution is 7.92. The molecule has 13 nitrogen and oxygen atoms in total. The lowest BCUT2D eigenvalue weighted by molar-refractivity contribution is 0.547. The van der Waals surface area contributed by atoms with Crippen LogP contribution in [0.2, 0.25) is 0 Å². The number of sulfonamides is 2. The Hall–Kier alpha value is -2.88. The first kappa shape index (κ1) is 21.9. The number of nitrogens with two attached hydrogens (primary N) is 1. The molecule has 0 spiro atoms. The molecule has 1 aromatic carbocycles. The Bertz CT molecular complexity index is 1380. The molecule has 3 aromatic rings. The Morgan fingerprint density at radius 1 is 1.12 bits per heavy atom. The van der Waals surface area contributed by atoms with Crippen LogP contribution in [0, 0.1) is 0 Å². The predicted molar refractivity (Wildman–Crippen MR) is 117 cm³/mol. The zero-order valence-electron chi connectivity index (χ0n) is 17.5. The Morgan fingerprint density at radius 3 is 2.61 bits per heavy atom. The van der Waals surface area contributed by atoms with E-state index >= 15 is 0 Å². The van der Waals surface area contributed by atoms with Gasteiger partial charge >= 0.3 is 0 Å². The average molecular weight is 494 g/mol. The fourth-order valence-corrected chi connectivity index (χ4v) is 7.40. The van der Waals surface area contributed by atoms with Gasteiger partial charge in [0.25, 0.3) is 0 Å². The summed E-state index contributed by atoms with van der Waals surface area (Å²) in [6.45, 7) is 1.54. The van der Waals surface area contributed by atoms with E-state index in [0.29, 0.717) is 38.2 Å². The summed E-state index contributed by atoms with van der Waals surface area (Å²) >= 11 is 0.